The van der Waals surface area contributed by atoms with Gasteiger partial charge in [0, 0.05) is 38.5 Å². The Labute approximate surface area is 154 Å². The summed E-state index contributed by atoms with van der Waals surface area (Å²) in [5.41, 5.74) is 2.05. The highest BCUT2D eigenvalue weighted by atomic mass is 16.5. The van der Waals surface area contributed by atoms with E-state index >= 15 is 0 Å². The summed E-state index contributed by atoms with van der Waals surface area (Å²) in [6.45, 7) is 2.36. The van der Waals surface area contributed by atoms with Crippen LogP contribution in [0.3, 0.4) is 0 Å². The lowest BCUT2D eigenvalue weighted by molar-refractivity contribution is 0.0794. The summed E-state index contributed by atoms with van der Waals surface area (Å²) < 4.78 is 10.8. The predicted octanol–water partition coefficient (Wildman–Crippen LogP) is 2.98. The van der Waals surface area contributed by atoms with E-state index in [2.05, 4.69) is 10.3 Å². The molecule has 0 aliphatic carbocycles. The minimum Gasteiger partial charge on any atom is -0.481 e. The van der Waals surface area contributed by atoms with Crippen LogP contribution in [0.5, 0.6) is 5.88 Å². The molecule has 6 heteroatoms. The molecule has 1 unspecified atom stereocenters. The summed E-state index contributed by atoms with van der Waals surface area (Å²) in [4.78, 5) is 18.7. The van der Waals surface area contributed by atoms with Crippen molar-refractivity contribution in [3.63, 3.8) is 0 Å². The van der Waals surface area contributed by atoms with Gasteiger partial charge < -0.3 is 19.7 Å². The summed E-state index contributed by atoms with van der Waals surface area (Å²) in [7, 11) is 1.58. The molecule has 2 aromatic rings. The van der Waals surface area contributed by atoms with Crippen LogP contribution in [0.25, 0.3) is 0 Å². The number of hydrogen-bond acceptors (Lipinski definition) is 4. The smallest absolute Gasteiger partial charge is 0.318 e. The van der Waals surface area contributed by atoms with Gasteiger partial charge >= 0.3 is 6.03 Å². The zero-order valence-corrected chi connectivity index (χ0v) is 15.1. The summed E-state index contributed by atoms with van der Waals surface area (Å²) >= 11 is 0. The Morgan fingerprint density at radius 2 is 2.15 bits per heavy atom. The monoisotopic (exact) mass is 355 g/mol. The van der Waals surface area contributed by atoms with Crippen LogP contribution in [-0.4, -0.2) is 42.3 Å². The number of nitrogens with zero attached hydrogens (tertiary/aromatic N) is 2. The lowest BCUT2D eigenvalue weighted by Crippen LogP contribution is -2.43. The maximum atomic E-state index is 12.8. The van der Waals surface area contributed by atoms with E-state index in [-0.39, 0.29) is 12.1 Å². The Bertz CT molecular complexity index is 702. The van der Waals surface area contributed by atoms with Crippen LogP contribution in [0, 0.1) is 0 Å². The molecule has 26 heavy (non-hydrogen) atoms. The summed E-state index contributed by atoms with van der Waals surface area (Å²) in [5.74, 6) is 0.539. The van der Waals surface area contributed by atoms with Crippen molar-refractivity contribution < 1.29 is 14.3 Å². The second kappa shape index (κ2) is 9.20. The lowest BCUT2D eigenvalue weighted by Gasteiger charge is -2.26. The second-order valence-corrected chi connectivity index (χ2v) is 6.37. The molecular formula is C20H25N3O3. The SMILES string of the molecule is COc1cc(CNC(=O)N(Cc2ccccc2)CC2CCCO2)ccn1. The number of aromatic nitrogens is 1. The number of ether oxygens (including phenoxy) is 2. The molecule has 1 aromatic heterocycles. The molecule has 2 heterocycles. The van der Waals surface area contributed by atoms with Crippen LogP contribution < -0.4 is 10.1 Å². The molecule has 1 saturated heterocycles. The molecule has 1 atom stereocenters. The molecule has 0 radical (unpaired) electrons. The fourth-order valence-electron chi connectivity index (χ4n) is 3.02. The quantitative estimate of drug-likeness (QED) is 0.829. The van der Waals surface area contributed by atoms with Crippen molar-refractivity contribution in [3.05, 3.63) is 59.8 Å². The first-order valence-electron chi connectivity index (χ1n) is 8.92. The largest absolute Gasteiger partial charge is 0.481 e. The van der Waals surface area contributed by atoms with Crippen molar-refractivity contribution in [1.82, 2.24) is 15.2 Å². The van der Waals surface area contributed by atoms with Crippen molar-refractivity contribution in [2.75, 3.05) is 20.3 Å². The van der Waals surface area contributed by atoms with Crippen LogP contribution in [0.4, 0.5) is 4.79 Å². The number of amides is 2. The fourth-order valence-corrected chi connectivity index (χ4v) is 3.02. The Balaban J connectivity index is 1.62. The Hall–Kier alpha value is -2.60. The summed E-state index contributed by atoms with van der Waals surface area (Å²) in [6.07, 6.45) is 3.85. The van der Waals surface area contributed by atoms with E-state index in [0.717, 1.165) is 30.6 Å². The van der Waals surface area contributed by atoms with E-state index in [0.29, 0.717) is 25.5 Å². The Morgan fingerprint density at radius 1 is 1.31 bits per heavy atom. The number of rotatable bonds is 7. The van der Waals surface area contributed by atoms with Crippen molar-refractivity contribution in [2.45, 2.75) is 32.0 Å². The molecule has 0 bridgehead atoms. The van der Waals surface area contributed by atoms with Gasteiger partial charge in [0.2, 0.25) is 5.88 Å². The molecule has 1 aliphatic heterocycles. The Morgan fingerprint density at radius 3 is 2.88 bits per heavy atom. The maximum Gasteiger partial charge on any atom is 0.318 e. The van der Waals surface area contributed by atoms with Crippen molar-refractivity contribution in [2.24, 2.45) is 0 Å². The number of carbonyl (C=O) groups excluding carboxylic acids is 1. The number of nitrogens with one attached hydrogen (secondary N) is 1. The normalized spacial score (nSPS) is 16.3. The number of benzene rings is 1. The van der Waals surface area contributed by atoms with Gasteiger partial charge in [-0.25, -0.2) is 9.78 Å². The minimum absolute atomic E-state index is 0.0971. The van der Waals surface area contributed by atoms with Gasteiger partial charge in [0.25, 0.3) is 0 Å². The molecule has 1 aliphatic rings. The summed E-state index contributed by atoms with van der Waals surface area (Å²) in [5, 5.41) is 2.99. The van der Waals surface area contributed by atoms with E-state index in [1.165, 1.54) is 0 Å². The molecule has 0 saturated carbocycles. The number of hydrogen-bond donors (Lipinski definition) is 1. The van der Waals surface area contributed by atoms with Crippen molar-refractivity contribution >= 4 is 6.03 Å². The van der Waals surface area contributed by atoms with Gasteiger partial charge in [0.1, 0.15) is 0 Å². The standard InChI is InChI=1S/C20H25N3O3/c1-25-19-12-17(9-10-21-19)13-22-20(24)23(15-18-8-5-11-26-18)14-16-6-3-2-4-7-16/h2-4,6-7,9-10,12,18H,5,8,11,13-15H2,1H3,(H,22,24). The van der Waals surface area contributed by atoms with E-state index < -0.39 is 0 Å². The zero-order valence-electron chi connectivity index (χ0n) is 15.1. The Kier molecular flexibility index (Phi) is 6.44. The molecule has 3 rings (SSSR count). The zero-order chi connectivity index (χ0) is 18.2. The van der Waals surface area contributed by atoms with Crippen molar-refractivity contribution in [3.8, 4) is 5.88 Å². The number of urea groups is 1. The van der Waals surface area contributed by atoms with Crippen LogP contribution in [-0.2, 0) is 17.8 Å². The average Bonchev–Trinajstić information content (AvgIpc) is 3.20. The molecule has 0 spiro atoms. The molecule has 1 aromatic carbocycles. The molecular weight excluding hydrogens is 330 g/mol. The van der Waals surface area contributed by atoms with Gasteiger partial charge in [-0.3, -0.25) is 0 Å². The van der Waals surface area contributed by atoms with Gasteiger partial charge in [0.05, 0.1) is 13.2 Å². The first-order valence-corrected chi connectivity index (χ1v) is 8.92. The lowest BCUT2D eigenvalue weighted by atomic mass is 10.2. The number of carbonyl (C=O) groups is 1. The van der Waals surface area contributed by atoms with Crippen LogP contribution in [0.2, 0.25) is 0 Å². The average molecular weight is 355 g/mol. The van der Waals surface area contributed by atoms with E-state index in [9.17, 15) is 4.79 Å². The first-order chi connectivity index (χ1) is 12.7. The highest BCUT2D eigenvalue weighted by Crippen LogP contribution is 2.15. The third-order valence-electron chi connectivity index (χ3n) is 4.40. The molecule has 138 valence electrons. The van der Waals surface area contributed by atoms with E-state index in [1.54, 1.807) is 13.3 Å². The van der Waals surface area contributed by atoms with Gasteiger partial charge in [0.15, 0.2) is 0 Å². The number of pyridine rings is 1. The molecule has 1 N–H and O–H groups in total. The van der Waals surface area contributed by atoms with Gasteiger partial charge in [-0.1, -0.05) is 30.3 Å². The highest BCUT2D eigenvalue weighted by molar-refractivity contribution is 5.74. The van der Waals surface area contributed by atoms with Gasteiger partial charge in [-0.2, -0.15) is 0 Å². The topological polar surface area (TPSA) is 63.7 Å². The van der Waals surface area contributed by atoms with E-state index in [1.807, 2.05) is 47.4 Å². The van der Waals surface area contributed by atoms with Crippen LogP contribution in [0.1, 0.15) is 24.0 Å². The van der Waals surface area contributed by atoms with Gasteiger partial charge in [-0.05, 0) is 30.0 Å². The predicted molar refractivity (Wildman–Crippen MR) is 98.9 cm³/mol. The van der Waals surface area contributed by atoms with Crippen LogP contribution >= 0.6 is 0 Å². The van der Waals surface area contributed by atoms with Gasteiger partial charge in [-0.15, -0.1) is 0 Å². The van der Waals surface area contributed by atoms with Crippen molar-refractivity contribution in [1.29, 1.82) is 0 Å². The summed E-state index contributed by atoms with van der Waals surface area (Å²) in [6, 6.07) is 13.6. The third kappa shape index (κ3) is 5.20. The van der Waals surface area contributed by atoms with E-state index in [4.69, 9.17) is 9.47 Å². The first kappa shape index (κ1) is 18.2. The van der Waals surface area contributed by atoms with Crippen LogP contribution in [0.15, 0.2) is 48.7 Å². The highest BCUT2D eigenvalue weighted by Gasteiger charge is 2.22. The maximum absolute atomic E-state index is 12.8. The third-order valence-corrected chi connectivity index (χ3v) is 4.40. The molecule has 1 fully saturated rings. The second-order valence-electron chi connectivity index (χ2n) is 6.37. The fraction of sp³-hybridized carbons (Fsp3) is 0.400. The molecule has 6 nitrogen and oxygen atoms in total. The molecule has 2 amide bonds. The minimum atomic E-state index is -0.0971. The number of methoxy groups -OCH3 is 1.